The van der Waals surface area contributed by atoms with Crippen LogP contribution in [0.15, 0.2) is 30.3 Å². The van der Waals surface area contributed by atoms with Crippen molar-refractivity contribution in [1.29, 1.82) is 0 Å². The Morgan fingerprint density at radius 1 is 1.12 bits per heavy atom. The molecule has 1 N–H and O–H groups in total. The van der Waals surface area contributed by atoms with Gasteiger partial charge in [-0.25, -0.2) is 9.18 Å². The molecule has 2 aromatic rings. The second kappa shape index (κ2) is 7.45. The van der Waals surface area contributed by atoms with Crippen LogP contribution < -0.4 is 5.32 Å². The van der Waals surface area contributed by atoms with E-state index >= 15 is 0 Å². The highest BCUT2D eigenvalue weighted by Gasteiger charge is 2.16. The molecule has 126 valence electrons. The van der Waals surface area contributed by atoms with Crippen LogP contribution in [0.2, 0.25) is 5.02 Å². The summed E-state index contributed by atoms with van der Waals surface area (Å²) in [5.41, 5.74) is 3.01. The largest absolute Gasteiger partial charge is 0.452 e. The van der Waals surface area contributed by atoms with Crippen LogP contribution in [-0.2, 0) is 9.53 Å². The van der Waals surface area contributed by atoms with E-state index in [1.165, 1.54) is 12.1 Å². The fraction of sp³-hybridized carbons (Fsp3) is 0.222. The van der Waals surface area contributed by atoms with Gasteiger partial charge in [-0.1, -0.05) is 29.3 Å². The Morgan fingerprint density at radius 2 is 1.75 bits per heavy atom. The third-order valence-electron chi connectivity index (χ3n) is 3.42. The average Bonchev–Trinajstić information content (AvgIpc) is 2.47. The number of hydrogen-bond acceptors (Lipinski definition) is 3. The van der Waals surface area contributed by atoms with Gasteiger partial charge in [0.05, 0.1) is 11.3 Å². The van der Waals surface area contributed by atoms with Gasteiger partial charge < -0.3 is 10.1 Å². The SMILES string of the molecule is Cc1cc(C)c(C(=O)OCC(=O)Nc2ccc(Cl)cc2F)c(C)c1. The number of halogens is 2. The summed E-state index contributed by atoms with van der Waals surface area (Å²) >= 11 is 5.64. The number of anilines is 1. The molecule has 0 aliphatic rings. The van der Waals surface area contributed by atoms with E-state index in [-0.39, 0.29) is 10.7 Å². The Hall–Kier alpha value is -2.40. The minimum atomic E-state index is -0.660. The minimum Gasteiger partial charge on any atom is -0.452 e. The van der Waals surface area contributed by atoms with E-state index < -0.39 is 24.3 Å². The van der Waals surface area contributed by atoms with Gasteiger partial charge in [0.25, 0.3) is 5.91 Å². The molecule has 0 unspecified atom stereocenters. The third kappa shape index (κ3) is 4.32. The number of aryl methyl sites for hydroxylation is 3. The maximum atomic E-state index is 13.6. The molecule has 2 aromatic carbocycles. The predicted octanol–water partition coefficient (Wildman–Crippen LogP) is 4.20. The molecule has 0 aromatic heterocycles. The quantitative estimate of drug-likeness (QED) is 0.842. The van der Waals surface area contributed by atoms with Gasteiger partial charge in [-0.2, -0.15) is 0 Å². The van der Waals surface area contributed by atoms with Gasteiger partial charge in [-0.15, -0.1) is 0 Å². The highest BCUT2D eigenvalue weighted by molar-refractivity contribution is 6.30. The topological polar surface area (TPSA) is 55.4 Å². The number of carbonyl (C=O) groups is 2. The molecule has 0 spiro atoms. The lowest BCUT2D eigenvalue weighted by Gasteiger charge is -2.11. The van der Waals surface area contributed by atoms with Crippen molar-refractivity contribution in [3.05, 3.63) is 63.4 Å². The summed E-state index contributed by atoms with van der Waals surface area (Å²) in [6.45, 7) is 5.04. The van der Waals surface area contributed by atoms with Crippen molar-refractivity contribution < 1.29 is 18.7 Å². The van der Waals surface area contributed by atoms with Crippen molar-refractivity contribution in [3.63, 3.8) is 0 Å². The summed E-state index contributed by atoms with van der Waals surface area (Å²) in [5.74, 6) is -1.88. The summed E-state index contributed by atoms with van der Waals surface area (Å²) in [6, 6.07) is 7.61. The van der Waals surface area contributed by atoms with Crippen LogP contribution in [0.4, 0.5) is 10.1 Å². The normalized spacial score (nSPS) is 10.4. The van der Waals surface area contributed by atoms with E-state index in [0.29, 0.717) is 5.56 Å². The Bertz CT molecular complexity index is 782. The highest BCUT2D eigenvalue weighted by Crippen LogP contribution is 2.19. The van der Waals surface area contributed by atoms with Crippen molar-refractivity contribution in [2.45, 2.75) is 20.8 Å². The third-order valence-corrected chi connectivity index (χ3v) is 3.66. The first-order chi connectivity index (χ1) is 11.3. The summed E-state index contributed by atoms with van der Waals surface area (Å²) in [7, 11) is 0. The second-order valence-corrected chi connectivity index (χ2v) is 5.96. The Kier molecular flexibility index (Phi) is 5.57. The molecule has 0 saturated carbocycles. The van der Waals surface area contributed by atoms with Gasteiger partial charge in [0.1, 0.15) is 5.82 Å². The van der Waals surface area contributed by atoms with E-state index in [2.05, 4.69) is 5.32 Å². The van der Waals surface area contributed by atoms with Crippen molar-refractivity contribution in [3.8, 4) is 0 Å². The lowest BCUT2D eigenvalue weighted by Crippen LogP contribution is -2.22. The van der Waals surface area contributed by atoms with Gasteiger partial charge in [0, 0.05) is 5.02 Å². The molecule has 1 amide bonds. The number of esters is 1. The zero-order chi connectivity index (χ0) is 17.9. The molecule has 24 heavy (non-hydrogen) atoms. The smallest absolute Gasteiger partial charge is 0.339 e. The first-order valence-corrected chi connectivity index (χ1v) is 7.65. The molecule has 0 radical (unpaired) electrons. The molecule has 6 heteroatoms. The van der Waals surface area contributed by atoms with Crippen LogP contribution in [0.5, 0.6) is 0 Å². The fourth-order valence-corrected chi connectivity index (χ4v) is 2.64. The van der Waals surface area contributed by atoms with Crippen molar-refractivity contribution in [2.24, 2.45) is 0 Å². The highest BCUT2D eigenvalue weighted by atomic mass is 35.5. The van der Waals surface area contributed by atoms with Gasteiger partial charge in [0.2, 0.25) is 0 Å². The first kappa shape index (κ1) is 17.9. The Balaban J connectivity index is 2.00. The second-order valence-electron chi connectivity index (χ2n) is 5.52. The molecule has 4 nitrogen and oxygen atoms in total. The van der Waals surface area contributed by atoms with E-state index in [9.17, 15) is 14.0 Å². The van der Waals surface area contributed by atoms with Crippen LogP contribution >= 0.6 is 11.6 Å². The average molecular weight is 350 g/mol. The maximum absolute atomic E-state index is 13.6. The summed E-state index contributed by atoms with van der Waals surface area (Å²) in [6.07, 6.45) is 0. The van der Waals surface area contributed by atoms with E-state index in [0.717, 1.165) is 22.8 Å². The summed E-state index contributed by atoms with van der Waals surface area (Å²) < 4.78 is 18.6. The number of rotatable bonds is 4. The number of amides is 1. The van der Waals surface area contributed by atoms with Crippen LogP contribution in [0.25, 0.3) is 0 Å². The zero-order valence-corrected chi connectivity index (χ0v) is 14.3. The molecule has 0 saturated heterocycles. The maximum Gasteiger partial charge on any atom is 0.339 e. The summed E-state index contributed by atoms with van der Waals surface area (Å²) in [5, 5.41) is 2.56. The van der Waals surface area contributed by atoms with Crippen LogP contribution in [0.1, 0.15) is 27.0 Å². The number of ether oxygens (including phenoxy) is 1. The molecule has 0 atom stereocenters. The van der Waals surface area contributed by atoms with Gasteiger partial charge >= 0.3 is 5.97 Å². The van der Waals surface area contributed by atoms with Crippen molar-refractivity contribution >= 4 is 29.2 Å². The predicted molar refractivity (Wildman–Crippen MR) is 91.0 cm³/mol. The van der Waals surface area contributed by atoms with E-state index in [1.54, 1.807) is 13.8 Å². The lowest BCUT2D eigenvalue weighted by atomic mass is 10.00. The fourth-order valence-electron chi connectivity index (χ4n) is 2.48. The van der Waals surface area contributed by atoms with Crippen molar-refractivity contribution in [1.82, 2.24) is 0 Å². The molecule has 0 aliphatic heterocycles. The first-order valence-electron chi connectivity index (χ1n) is 7.28. The molecule has 2 rings (SSSR count). The van der Waals surface area contributed by atoms with Gasteiger partial charge in [-0.05, 0) is 50.1 Å². The standard InChI is InChI=1S/C18H17ClFNO3/c1-10-6-11(2)17(12(3)7-10)18(23)24-9-16(22)21-15-5-4-13(19)8-14(15)20/h4-8H,9H2,1-3H3,(H,21,22). The molecular formula is C18H17ClFNO3. The molecule has 0 heterocycles. The van der Waals surface area contributed by atoms with Crippen LogP contribution in [0.3, 0.4) is 0 Å². The molecule has 0 bridgehead atoms. The van der Waals surface area contributed by atoms with Crippen LogP contribution in [-0.4, -0.2) is 18.5 Å². The van der Waals surface area contributed by atoms with Gasteiger partial charge in [-0.3, -0.25) is 4.79 Å². The van der Waals surface area contributed by atoms with Crippen molar-refractivity contribution in [2.75, 3.05) is 11.9 Å². The molecule has 0 aliphatic carbocycles. The van der Waals surface area contributed by atoms with Gasteiger partial charge in [0.15, 0.2) is 6.61 Å². The zero-order valence-electron chi connectivity index (χ0n) is 13.6. The summed E-state index contributed by atoms with van der Waals surface area (Å²) in [4.78, 5) is 24.0. The number of benzene rings is 2. The monoisotopic (exact) mass is 349 g/mol. The minimum absolute atomic E-state index is 0.0249. The number of nitrogens with one attached hydrogen (secondary N) is 1. The Morgan fingerprint density at radius 3 is 2.33 bits per heavy atom. The molecular weight excluding hydrogens is 333 g/mol. The van der Waals surface area contributed by atoms with Crippen LogP contribution in [0, 0.1) is 26.6 Å². The molecule has 0 fully saturated rings. The lowest BCUT2D eigenvalue weighted by molar-refractivity contribution is -0.119. The van der Waals surface area contributed by atoms with E-state index in [4.69, 9.17) is 16.3 Å². The number of hydrogen-bond donors (Lipinski definition) is 1. The van der Waals surface area contributed by atoms with E-state index in [1.807, 2.05) is 19.1 Å². The number of carbonyl (C=O) groups excluding carboxylic acids is 2. The Labute approximate surface area is 144 Å².